The van der Waals surface area contributed by atoms with Gasteiger partial charge in [-0.1, -0.05) is 35.9 Å². The highest BCUT2D eigenvalue weighted by Crippen LogP contribution is 2.33. The maximum Gasteiger partial charge on any atom is 0.342 e. The van der Waals surface area contributed by atoms with Gasteiger partial charge in [0.1, 0.15) is 23.0 Å². The first-order valence-corrected chi connectivity index (χ1v) is 12.4. The van der Waals surface area contributed by atoms with Crippen LogP contribution in [0.4, 0.5) is 0 Å². The minimum Gasteiger partial charge on any atom is -0.497 e. The highest BCUT2D eigenvalue weighted by Gasteiger charge is 2.16. The van der Waals surface area contributed by atoms with Crippen LogP contribution in [0.1, 0.15) is 11.1 Å². The Morgan fingerprint density at radius 1 is 1.00 bits per heavy atom. The maximum atomic E-state index is 12.0. The molecule has 0 bridgehead atoms. The van der Waals surface area contributed by atoms with Gasteiger partial charge in [-0.3, -0.25) is 5.10 Å². The van der Waals surface area contributed by atoms with Gasteiger partial charge in [0.15, 0.2) is 17.3 Å². The third kappa shape index (κ3) is 6.58. The van der Waals surface area contributed by atoms with Gasteiger partial charge in [0.05, 0.1) is 21.3 Å². The third-order valence-electron chi connectivity index (χ3n) is 5.33. The minimum absolute atomic E-state index is 0.0190. The molecule has 4 aromatic rings. The van der Waals surface area contributed by atoms with Crippen LogP contribution in [0.2, 0.25) is 5.02 Å². The normalized spacial score (nSPS) is 11.2. The van der Waals surface area contributed by atoms with Crippen molar-refractivity contribution in [3.63, 3.8) is 0 Å². The fourth-order valence-electron chi connectivity index (χ4n) is 3.41. The molecule has 0 aliphatic carbocycles. The van der Waals surface area contributed by atoms with Gasteiger partial charge in [0, 0.05) is 22.2 Å². The number of ether oxygens (including phenoxy) is 4. The van der Waals surface area contributed by atoms with Crippen LogP contribution in [0.15, 0.2) is 70.7 Å². The van der Waals surface area contributed by atoms with Crippen LogP contribution in [0.25, 0.3) is 17.5 Å². The van der Waals surface area contributed by atoms with Crippen molar-refractivity contribution < 1.29 is 28.8 Å². The van der Waals surface area contributed by atoms with Crippen LogP contribution in [-0.4, -0.2) is 47.6 Å². The number of hydrogen-bond acceptors (Lipinski definition) is 8. The van der Waals surface area contributed by atoms with Crippen LogP contribution in [0.3, 0.4) is 0 Å². The second-order valence-electron chi connectivity index (χ2n) is 7.77. The summed E-state index contributed by atoms with van der Waals surface area (Å²) >= 11 is 7.12. The molecule has 0 saturated carbocycles. The number of H-pyrrole nitrogens is 1. The predicted octanol–water partition coefficient (Wildman–Crippen LogP) is 5.95. The molecule has 0 aliphatic heterocycles. The van der Waals surface area contributed by atoms with Gasteiger partial charge in [-0.2, -0.15) is 0 Å². The van der Waals surface area contributed by atoms with E-state index in [1.807, 2.05) is 18.2 Å². The highest BCUT2D eigenvalue weighted by atomic mass is 35.5. The van der Waals surface area contributed by atoms with Crippen molar-refractivity contribution in [1.29, 1.82) is 0 Å². The monoisotopic (exact) mass is 553 g/mol. The number of nitrogens with one attached hydrogen (secondary N) is 1. The van der Waals surface area contributed by atoms with Crippen LogP contribution in [0.5, 0.6) is 23.0 Å². The second-order valence-corrected chi connectivity index (χ2v) is 9.19. The maximum absolute atomic E-state index is 12.0. The fourth-order valence-corrected chi connectivity index (χ4v) is 4.31. The van der Waals surface area contributed by atoms with Crippen LogP contribution in [-0.2, 0) is 11.4 Å². The Kier molecular flexibility index (Phi) is 8.77. The van der Waals surface area contributed by atoms with Gasteiger partial charge in [0.2, 0.25) is 5.16 Å². The van der Waals surface area contributed by atoms with E-state index in [2.05, 4.69) is 15.2 Å². The van der Waals surface area contributed by atoms with Crippen molar-refractivity contribution in [1.82, 2.24) is 15.2 Å². The van der Waals surface area contributed by atoms with Crippen LogP contribution >= 0.6 is 23.4 Å². The van der Waals surface area contributed by atoms with E-state index in [-0.39, 0.29) is 16.7 Å². The Morgan fingerprint density at radius 3 is 2.39 bits per heavy atom. The number of carboxylic acid groups (broad SMARTS) is 1. The molecule has 9 nitrogen and oxygen atoms in total. The number of carboxylic acids is 1. The van der Waals surface area contributed by atoms with E-state index >= 15 is 0 Å². The summed E-state index contributed by atoms with van der Waals surface area (Å²) in [6, 6.07) is 17.8. The molecule has 1 aromatic heterocycles. The number of benzene rings is 3. The second kappa shape index (κ2) is 12.4. The van der Waals surface area contributed by atoms with Crippen molar-refractivity contribution in [3.05, 3.63) is 81.7 Å². The van der Waals surface area contributed by atoms with E-state index in [9.17, 15) is 9.90 Å². The van der Waals surface area contributed by atoms with Crippen molar-refractivity contribution in [2.24, 2.45) is 0 Å². The third-order valence-corrected chi connectivity index (χ3v) is 6.57. The van der Waals surface area contributed by atoms with Gasteiger partial charge >= 0.3 is 5.97 Å². The Morgan fingerprint density at radius 2 is 1.74 bits per heavy atom. The molecule has 2 N–H and O–H groups in total. The fraction of sp³-hybridized carbons (Fsp3) is 0.148. The first-order chi connectivity index (χ1) is 18.4. The molecule has 11 heteroatoms. The molecule has 0 saturated heterocycles. The Labute approximate surface area is 228 Å². The Balaban J connectivity index is 1.53. The highest BCUT2D eigenvalue weighted by molar-refractivity contribution is 8.04. The van der Waals surface area contributed by atoms with Crippen molar-refractivity contribution in [2.75, 3.05) is 21.3 Å². The molecule has 1 heterocycles. The molecular formula is C27H24ClN3O6S. The zero-order chi connectivity index (χ0) is 27.1. The van der Waals surface area contributed by atoms with Gasteiger partial charge in [-0.25, -0.2) is 9.78 Å². The summed E-state index contributed by atoms with van der Waals surface area (Å²) in [5, 5.41) is 17.7. The summed E-state index contributed by atoms with van der Waals surface area (Å²) in [6.07, 6.45) is 1.51. The summed E-state index contributed by atoms with van der Waals surface area (Å²) in [7, 11) is 4.62. The van der Waals surface area contributed by atoms with Crippen molar-refractivity contribution in [3.8, 4) is 34.4 Å². The number of carbonyl (C=O) groups is 1. The van der Waals surface area contributed by atoms with Crippen molar-refractivity contribution >= 4 is 35.4 Å². The number of methoxy groups -OCH3 is 3. The summed E-state index contributed by atoms with van der Waals surface area (Å²) in [6.45, 7) is 0.258. The number of rotatable bonds is 11. The Bertz CT molecular complexity index is 1450. The molecule has 0 atom stereocenters. The van der Waals surface area contributed by atoms with E-state index in [1.54, 1.807) is 56.7 Å². The van der Waals surface area contributed by atoms with Crippen LogP contribution < -0.4 is 18.9 Å². The molecule has 0 radical (unpaired) electrons. The lowest BCUT2D eigenvalue weighted by molar-refractivity contribution is -0.131. The average molecular weight is 554 g/mol. The zero-order valence-electron chi connectivity index (χ0n) is 20.7. The zero-order valence-corrected chi connectivity index (χ0v) is 22.3. The van der Waals surface area contributed by atoms with Crippen molar-refractivity contribution in [2.45, 2.75) is 11.8 Å². The molecule has 0 fully saturated rings. The predicted molar refractivity (Wildman–Crippen MR) is 145 cm³/mol. The lowest BCUT2D eigenvalue weighted by atomic mass is 10.2. The first-order valence-electron chi connectivity index (χ1n) is 11.2. The van der Waals surface area contributed by atoms with E-state index in [0.29, 0.717) is 45.0 Å². The summed E-state index contributed by atoms with van der Waals surface area (Å²) < 4.78 is 21.9. The standard InChI is InChI=1S/C27H24ClN3O6S/c1-34-19-12-18(13-20(14-19)35-2)25-29-27(31-30-25)38-24(26(32)33)11-16-8-9-22(23(10-16)36-3)37-15-17-6-4-5-7-21(17)28/h4-14H,15H2,1-3H3,(H,32,33)(H,29,30,31)/b24-11-. The number of aromatic amines is 1. The smallest absolute Gasteiger partial charge is 0.342 e. The number of hydrogen-bond donors (Lipinski definition) is 2. The lowest BCUT2D eigenvalue weighted by Crippen LogP contribution is -1.99. The molecule has 38 heavy (non-hydrogen) atoms. The topological polar surface area (TPSA) is 116 Å². The molecule has 3 aromatic carbocycles. The van der Waals surface area contributed by atoms with E-state index in [0.717, 1.165) is 17.3 Å². The van der Waals surface area contributed by atoms with E-state index in [1.165, 1.54) is 13.2 Å². The summed E-state index contributed by atoms with van der Waals surface area (Å²) in [5.41, 5.74) is 2.12. The lowest BCUT2D eigenvalue weighted by Gasteiger charge is -2.12. The number of thioether (sulfide) groups is 1. The molecular weight excluding hydrogens is 530 g/mol. The van der Waals surface area contributed by atoms with E-state index < -0.39 is 5.97 Å². The largest absolute Gasteiger partial charge is 0.497 e. The average Bonchev–Trinajstić information content (AvgIpc) is 3.41. The number of nitrogens with zero attached hydrogens (tertiary/aromatic N) is 2. The SMILES string of the molecule is COc1cc(OC)cc(-c2nc(S/C(=C\c3ccc(OCc4ccccc4Cl)c(OC)c3)C(=O)O)n[nH]2)c1. The number of aromatic nitrogens is 3. The van der Waals surface area contributed by atoms with Crippen LogP contribution in [0, 0.1) is 0 Å². The van der Waals surface area contributed by atoms with Gasteiger partial charge in [0.25, 0.3) is 0 Å². The number of aliphatic carboxylic acids is 1. The van der Waals surface area contributed by atoms with Gasteiger partial charge in [-0.05, 0) is 53.7 Å². The molecule has 0 spiro atoms. The molecule has 4 rings (SSSR count). The molecule has 0 aliphatic rings. The quantitative estimate of drug-likeness (QED) is 0.172. The summed E-state index contributed by atoms with van der Waals surface area (Å²) in [4.78, 5) is 16.5. The molecule has 196 valence electrons. The molecule has 0 unspecified atom stereocenters. The Hall–Kier alpha value is -4.15. The van der Waals surface area contributed by atoms with Gasteiger partial charge < -0.3 is 24.1 Å². The number of halogens is 1. The molecule has 0 amide bonds. The minimum atomic E-state index is -1.12. The van der Waals surface area contributed by atoms with E-state index in [4.69, 9.17) is 30.5 Å². The summed E-state index contributed by atoms with van der Waals surface area (Å²) in [5.74, 6) is 1.45. The van der Waals surface area contributed by atoms with Gasteiger partial charge in [-0.15, -0.1) is 5.10 Å². The first kappa shape index (κ1) is 26.9.